The third-order valence-electron chi connectivity index (χ3n) is 8.84. The van der Waals surface area contributed by atoms with E-state index in [0.717, 1.165) is 0 Å². The molecule has 0 spiro atoms. The smallest absolute Gasteiger partial charge is 0.196 e. The number of ketones is 2. The van der Waals surface area contributed by atoms with Gasteiger partial charge in [0.05, 0.1) is 16.0 Å². The molecule has 3 saturated carbocycles. The molecule has 5 nitrogen and oxygen atoms in total. The van der Waals surface area contributed by atoms with Crippen LogP contribution in [0.1, 0.15) is 40.0 Å². The van der Waals surface area contributed by atoms with Crippen LogP contribution in [0.4, 0.5) is 4.39 Å². The lowest BCUT2D eigenvalue weighted by molar-refractivity contribution is -0.181. The Morgan fingerprint density at radius 3 is 2.53 bits per heavy atom. The number of hydrogen-bond acceptors (Lipinski definition) is 5. The molecule has 0 amide bonds. The summed E-state index contributed by atoms with van der Waals surface area (Å²) in [5.41, 5.74) is -3.92. The first kappa shape index (κ1) is 22.4. The minimum absolute atomic E-state index is 0.00345. The van der Waals surface area contributed by atoms with Crippen LogP contribution in [0.2, 0.25) is 0 Å². The maximum absolute atomic E-state index is 15.4. The van der Waals surface area contributed by atoms with E-state index in [-0.39, 0.29) is 29.4 Å². The lowest BCUT2D eigenvalue weighted by Crippen LogP contribution is -2.70. The minimum Gasteiger partial charge on any atom is -0.391 e. The molecule has 0 bridgehead atoms. The van der Waals surface area contributed by atoms with Crippen molar-refractivity contribution in [3.05, 3.63) is 22.8 Å². The van der Waals surface area contributed by atoms with Crippen LogP contribution in [0.5, 0.6) is 0 Å². The van der Waals surface area contributed by atoms with Crippen molar-refractivity contribution in [1.29, 1.82) is 0 Å². The van der Waals surface area contributed by atoms with E-state index in [1.54, 1.807) is 20.8 Å². The van der Waals surface area contributed by atoms with Crippen molar-refractivity contribution >= 4 is 34.8 Å². The Bertz CT molecular complexity index is 889. The number of allylic oxidation sites excluding steroid dienone is 4. The van der Waals surface area contributed by atoms with E-state index in [1.807, 2.05) is 0 Å². The summed E-state index contributed by atoms with van der Waals surface area (Å²) in [5.74, 6) is -2.62. The average molecular weight is 461 g/mol. The predicted octanol–water partition coefficient (Wildman–Crippen LogP) is 2.68. The Morgan fingerprint density at radius 2 is 1.93 bits per heavy atom. The predicted molar refractivity (Wildman–Crippen MR) is 110 cm³/mol. The van der Waals surface area contributed by atoms with Gasteiger partial charge in [0.1, 0.15) is 18.4 Å². The Balaban J connectivity index is 1.89. The van der Waals surface area contributed by atoms with Crippen LogP contribution in [0.15, 0.2) is 22.8 Å². The topological polar surface area (TPSA) is 94.8 Å². The molecule has 8 heteroatoms. The zero-order valence-electron chi connectivity index (χ0n) is 17.2. The van der Waals surface area contributed by atoms with Gasteiger partial charge in [-0.3, -0.25) is 9.59 Å². The van der Waals surface area contributed by atoms with Crippen LogP contribution in [-0.2, 0) is 9.59 Å². The van der Waals surface area contributed by atoms with Crippen molar-refractivity contribution in [2.24, 2.45) is 28.6 Å². The molecule has 0 aromatic rings. The van der Waals surface area contributed by atoms with Crippen molar-refractivity contribution in [2.75, 3.05) is 6.61 Å². The van der Waals surface area contributed by atoms with Crippen molar-refractivity contribution in [1.82, 2.24) is 0 Å². The fraction of sp³-hybridized carbons (Fsp3) is 0.727. The van der Waals surface area contributed by atoms with E-state index in [1.165, 1.54) is 12.2 Å². The molecular weight excluding hydrogens is 434 g/mol. The van der Waals surface area contributed by atoms with Crippen LogP contribution in [-0.4, -0.2) is 56.2 Å². The Hall–Kier alpha value is -0.790. The summed E-state index contributed by atoms with van der Waals surface area (Å²) in [4.78, 5) is 23.4. The number of carbonyl (C=O) groups excluding carboxylic acids is 2. The van der Waals surface area contributed by atoms with Gasteiger partial charge < -0.3 is 15.3 Å². The summed E-state index contributed by atoms with van der Waals surface area (Å²) < 4.78 is 15.4. The Kier molecular flexibility index (Phi) is 4.94. The summed E-state index contributed by atoms with van der Waals surface area (Å²) in [6, 6.07) is 0. The van der Waals surface area contributed by atoms with Crippen LogP contribution >= 0.6 is 23.2 Å². The highest BCUT2D eigenvalue weighted by atomic mass is 35.5. The summed E-state index contributed by atoms with van der Waals surface area (Å²) in [6.45, 7) is 4.34. The van der Waals surface area contributed by atoms with Gasteiger partial charge in [-0.1, -0.05) is 32.4 Å². The number of halogens is 3. The third-order valence-corrected chi connectivity index (χ3v) is 10.1. The molecule has 0 radical (unpaired) electrons. The molecule has 166 valence electrons. The molecular formula is C22H27Cl2FO5. The van der Waals surface area contributed by atoms with Crippen molar-refractivity contribution in [2.45, 2.75) is 62.8 Å². The van der Waals surface area contributed by atoms with Crippen LogP contribution < -0.4 is 0 Å². The summed E-state index contributed by atoms with van der Waals surface area (Å²) in [7, 11) is 0. The highest BCUT2D eigenvalue weighted by molar-refractivity contribution is 6.45. The highest BCUT2D eigenvalue weighted by Crippen LogP contribution is 2.71. The number of fused-ring (bicyclic) bond motifs is 5. The van der Waals surface area contributed by atoms with Crippen molar-refractivity contribution < 1.29 is 29.3 Å². The molecule has 3 N–H and O–H groups in total. The lowest BCUT2D eigenvalue weighted by Gasteiger charge is -2.64. The summed E-state index contributed by atoms with van der Waals surface area (Å²) in [5, 5.41) is 32.3. The quantitative estimate of drug-likeness (QED) is 0.550. The fourth-order valence-electron chi connectivity index (χ4n) is 7.31. The second-order valence-electron chi connectivity index (χ2n) is 9.96. The fourth-order valence-corrected chi connectivity index (χ4v) is 8.06. The van der Waals surface area contributed by atoms with E-state index >= 15 is 4.39 Å². The summed E-state index contributed by atoms with van der Waals surface area (Å²) in [6.07, 6.45) is 0.348. The van der Waals surface area contributed by atoms with Gasteiger partial charge in [-0.25, -0.2) is 4.39 Å². The highest BCUT2D eigenvalue weighted by Gasteiger charge is 2.75. The number of alkyl halides is 2. The largest absolute Gasteiger partial charge is 0.391 e. The van der Waals surface area contributed by atoms with E-state index in [9.17, 15) is 24.9 Å². The maximum atomic E-state index is 15.4. The lowest BCUT2D eigenvalue weighted by atomic mass is 9.45. The first-order valence-corrected chi connectivity index (χ1v) is 11.1. The Labute approximate surface area is 184 Å². The molecule has 3 fully saturated rings. The van der Waals surface area contributed by atoms with E-state index in [4.69, 9.17) is 23.2 Å². The third kappa shape index (κ3) is 2.35. The maximum Gasteiger partial charge on any atom is 0.196 e. The van der Waals surface area contributed by atoms with Crippen molar-refractivity contribution in [3.8, 4) is 0 Å². The van der Waals surface area contributed by atoms with Crippen LogP contribution in [0.25, 0.3) is 0 Å². The first-order chi connectivity index (χ1) is 13.8. The number of carbonyl (C=O) groups is 2. The molecule has 0 aromatic heterocycles. The zero-order valence-corrected chi connectivity index (χ0v) is 18.7. The first-order valence-electron chi connectivity index (χ1n) is 10.3. The van der Waals surface area contributed by atoms with Crippen LogP contribution in [0, 0.1) is 28.6 Å². The van der Waals surface area contributed by atoms with Crippen LogP contribution in [0.3, 0.4) is 0 Å². The standard InChI is InChI=1S/C22H27Cl2FO5/c1-10-4-11-12-5-15(25)13-6-16(27)14(23)7-19(13,2)21(12,24)17(28)8-20(11,3)22(10,30)18(29)9-26/h6-7,10-12,15,17,26,28,30H,4-5,8-9H2,1-3H3/t10-,11+,12+,15+,17+,19+,20+,21+,22+/m1/s1. The molecule has 4 aliphatic rings. The van der Waals surface area contributed by atoms with E-state index in [2.05, 4.69) is 0 Å². The molecule has 9 atom stereocenters. The molecule has 4 rings (SSSR count). The van der Waals surface area contributed by atoms with E-state index in [0.29, 0.717) is 6.42 Å². The van der Waals surface area contributed by atoms with Gasteiger partial charge in [0.2, 0.25) is 0 Å². The molecule has 0 heterocycles. The second-order valence-corrected chi connectivity index (χ2v) is 11.0. The van der Waals surface area contributed by atoms with Gasteiger partial charge >= 0.3 is 0 Å². The van der Waals surface area contributed by atoms with Gasteiger partial charge in [-0.05, 0) is 54.7 Å². The number of aliphatic hydroxyl groups excluding tert-OH is 2. The number of Topliss-reactive ketones (excluding diaryl/α,β-unsaturated/α-hetero) is 1. The van der Waals surface area contributed by atoms with Gasteiger partial charge in [0, 0.05) is 10.8 Å². The van der Waals surface area contributed by atoms with Crippen molar-refractivity contribution in [3.63, 3.8) is 0 Å². The molecule has 0 aliphatic heterocycles. The van der Waals surface area contributed by atoms with E-state index < -0.39 is 63.6 Å². The molecule has 30 heavy (non-hydrogen) atoms. The molecule has 4 aliphatic carbocycles. The number of rotatable bonds is 2. The zero-order chi connectivity index (χ0) is 22.4. The second kappa shape index (κ2) is 6.61. The summed E-state index contributed by atoms with van der Waals surface area (Å²) >= 11 is 13.3. The minimum atomic E-state index is -1.84. The Morgan fingerprint density at radius 1 is 1.30 bits per heavy atom. The SMILES string of the molecule is C[C@@H]1C[C@H]2[C@@H]3C[C@H](F)C4=CC(=O)C(Cl)=C[C@]4(C)[C@@]3(Cl)[C@@H](O)C[C@]2(C)[C@@]1(O)C(=O)CO. The van der Waals surface area contributed by atoms with Gasteiger partial charge in [-0.2, -0.15) is 0 Å². The normalized spacial score (nSPS) is 52.7. The molecule has 0 aromatic carbocycles. The molecule has 0 unspecified atom stereocenters. The number of aliphatic hydroxyl groups is 3. The molecule has 0 saturated heterocycles. The average Bonchev–Trinajstić information content (AvgIpc) is 2.87. The number of hydrogen-bond donors (Lipinski definition) is 3. The monoisotopic (exact) mass is 460 g/mol. The van der Waals surface area contributed by atoms with Gasteiger partial charge in [0.25, 0.3) is 0 Å². The van der Waals surface area contributed by atoms with Gasteiger partial charge in [0.15, 0.2) is 11.6 Å². The van der Waals surface area contributed by atoms with Gasteiger partial charge in [-0.15, -0.1) is 11.6 Å².